The van der Waals surface area contributed by atoms with E-state index in [-0.39, 0.29) is 6.04 Å². The molecular weight excluding hydrogens is 258 g/mol. The van der Waals surface area contributed by atoms with Crippen molar-refractivity contribution < 1.29 is 8.42 Å². The monoisotopic (exact) mass is 287 g/mol. The third kappa shape index (κ3) is 4.19. The van der Waals surface area contributed by atoms with Gasteiger partial charge in [-0.15, -0.1) is 0 Å². The van der Waals surface area contributed by atoms with Crippen LogP contribution in [0.1, 0.15) is 52.9 Å². The van der Waals surface area contributed by atoms with E-state index >= 15 is 0 Å². The molecule has 1 heterocycles. The molecule has 0 radical (unpaired) electrons. The molecule has 4 heteroatoms. The van der Waals surface area contributed by atoms with Crippen LogP contribution >= 0.6 is 0 Å². The molecule has 0 spiro atoms. The minimum absolute atomic E-state index is 0.190. The Morgan fingerprint density at radius 3 is 2.53 bits per heavy atom. The molecular formula is C15H29NO2S. The summed E-state index contributed by atoms with van der Waals surface area (Å²) < 4.78 is 23.5. The predicted octanol–water partition coefficient (Wildman–Crippen LogP) is 2.61. The highest BCUT2D eigenvalue weighted by atomic mass is 32.2. The topological polar surface area (TPSA) is 46.2 Å². The number of hydrogen-bond acceptors (Lipinski definition) is 3. The zero-order chi connectivity index (χ0) is 14.0. The summed E-state index contributed by atoms with van der Waals surface area (Å²) in [5, 5.41) is 3.70. The molecule has 3 nitrogen and oxygen atoms in total. The lowest BCUT2D eigenvalue weighted by Gasteiger charge is -2.40. The Labute approximate surface area is 118 Å². The SMILES string of the molecule is CC1CCC(C(C)C)C(NC2CCCS(=O)(=O)C2)C1. The minimum atomic E-state index is -2.80. The largest absolute Gasteiger partial charge is 0.310 e. The molecule has 19 heavy (non-hydrogen) atoms. The van der Waals surface area contributed by atoms with Gasteiger partial charge in [-0.05, 0) is 43.4 Å². The molecule has 0 amide bonds. The van der Waals surface area contributed by atoms with Gasteiger partial charge in [0.05, 0.1) is 11.5 Å². The summed E-state index contributed by atoms with van der Waals surface area (Å²) in [7, 11) is -2.80. The molecule has 2 aliphatic rings. The molecule has 1 aliphatic heterocycles. The van der Waals surface area contributed by atoms with Gasteiger partial charge >= 0.3 is 0 Å². The summed E-state index contributed by atoms with van der Waals surface area (Å²) in [5.74, 6) is 2.90. The first-order valence-electron chi connectivity index (χ1n) is 7.84. The molecule has 1 N–H and O–H groups in total. The van der Waals surface area contributed by atoms with Crippen molar-refractivity contribution in [3.05, 3.63) is 0 Å². The fourth-order valence-electron chi connectivity index (χ4n) is 3.85. The number of rotatable bonds is 3. The molecule has 1 saturated heterocycles. The Kier molecular flexibility index (Phi) is 4.93. The van der Waals surface area contributed by atoms with Crippen molar-refractivity contribution in [2.75, 3.05) is 11.5 Å². The fraction of sp³-hybridized carbons (Fsp3) is 1.00. The van der Waals surface area contributed by atoms with Crippen molar-refractivity contribution >= 4 is 9.84 Å². The first-order valence-corrected chi connectivity index (χ1v) is 9.66. The fourth-order valence-corrected chi connectivity index (χ4v) is 5.50. The first kappa shape index (κ1) is 15.3. The van der Waals surface area contributed by atoms with Crippen LogP contribution in [0.2, 0.25) is 0 Å². The van der Waals surface area contributed by atoms with Crippen LogP contribution in [0.4, 0.5) is 0 Å². The highest BCUT2D eigenvalue weighted by molar-refractivity contribution is 7.91. The van der Waals surface area contributed by atoms with Crippen LogP contribution < -0.4 is 5.32 Å². The van der Waals surface area contributed by atoms with Crippen LogP contribution in [-0.2, 0) is 9.84 Å². The van der Waals surface area contributed by atoms with Crippen LogP contribution in [0.5, 0.6) is 0 Å². The van der Waals surface area contributed by atoms with E-state index in [9.17, 15) is 8.42 Å². The maximum Gasteiger partial charge on any atom is 0.151 e. The molecule has 4 atom stereocenters. The third-order valence-corrected chi connectivity index (χ3v) is 6.76. The van der Waals surface area contributed by atoms with Crippen molar-refractivity contribution in [3.8, 4) is 0 Å². The summed E-state index contributed by atoms with van der Waals surface area (Å²) >= 11 is 0. The smallest absolute Gasteiger partial charge is 0.151 e. The van der Waals surface area contributed by atoms with Gasteiger partial charge < -0.3 is 5.32 Å². The number of hydrogen-bond donors (Lipinski definition) is 1. The van der Waals surface area contributed by atoms with Gasteiger partial charge in [-0.25, -0.2) is 8.42 Å². The Hall–Kier alpha value is -0.0900. The first-order chi connectivity index (χ1) is 8.87. The van der Waals surface area contributed by atoms with E-state index in [1.165, 1.54) is 19.3 Å². The van der Waals surface area contributed by atoms with E-state index < -0.39 is 9.84 Å². The van der Waals surface area contributed by atoms with Gasteiger partial charge in [0, 0.05) is 12.1 Å². The predicted molar refractivity (Wildman–Crippen MR) is 79.9 cm³/mol. The van der Waals surface area contributed by atoms with E-state index in [4.69, 9.17) is 0 Å². The lowest BCUT2D eigenvalue weighted by atomic mass is 9.74. The van der Waals surface area contributed by atoms with Crippen LogP contribution in [0.25, 0.3) is 0 Å². The van der Waals surface area contributed by atoms with Gasteiger partial charge in [-0.3, -0.25) is 0 Å². The maximum atomic E-state index is 11.7. The Bertz CT molecular complexity index is 391. The van der Waals surface area contributed by atoms with E-state index in [2.05, 4.69) is 26.1 Å². The van der Waals surface area contributed by atoms with Gasteiger partial charge in [-0.1, -0.05) is 27.2 Å². The lowest BCUT2D eigenvalue weighted by molar-refractivity contribution is 0.159. The second-order valence-corrected chi connectivity index (χ2v) is 9.28. The Morgan fingerprint density at radius 1 is 1.16 bits per heavy atom. The van der Waals surface area contributed by atoms with Crippen LogP contribution in [0, 0.1) is 17.8 Å². The number of nitrogens with one attached hydrogen (secondary N) is 1. The summed E-state index contributed by atoms with van der Waals surface area (Å²) in [5.41, 5.74) is 0. The molecule has 1 aliphatic carbocycles. The van der Waals surface area contributed by atoms with Crippen molar-refractivity contribution in [1.82, 2.24) is 5.32 Å². The van der Waals surface area contributed by atoms with Gasteiger partial charge in [0.2, 0.25) is 0 Å². The zero-order valence-electron chi connectivity index (χ0n) is 12.6. The maximum absolute atomic E-state index is 11.7. The average Bonchev–Trinajstić information content (AvgIpc) is 2.27. The van der Waals surface area contributed by atoms with E-state index in [0.717, 1.165) is 18.8 Å². The van der Waals surface area contributed by atoms with Gasteiger partial charge in [0.15, 0.2) is 9.84 Å². The van der Waals surface area contributed by atoms with Crippen LogP contribution in [0.3, 0.4) is 0 Å². The average molecular weight is 287 g/mol. The molecule has 0 aromatic carbocycles. The standard InChI is InChI=1S/C15H29NO2S/c1-11(2)14-7-6-12(3)9-15(14)16-13-5-4-8-19(17,18)10-13/h11-16H,4-10H2,1-3H3. The van der Waals surface area contributed by atoms with Crippen molar-refractivity contribution in [1.29, 1.82) is 0 Å². The summed E-state index contributed by atoms with van der Waals surface area (Å²) in [6.07, 6.45) is 5.67. The van der Waals surface area contributed by atoms with Gasteiger partial charge in [0.25, 0.3) is 0 Å². The number of sulfone groups is 1. The second kappa shape index (κ2) is 6.13. The normalized spacial score (nSPS) is 39.4. The van der Waals surface area contributed by atoms with Crippen molar-refractivity contribution in [2.24, 2.45) is 17.8 Å². The molecule has 4 unspecified atom stereocenters. The quantitative estimate of drug-likeness (QED) is 0.868. The summed E-state index contributed by atoms with van der Waals surface area (Å²) in [4.78, 5) is 0. The van der Waals surface area contributed by atoms with Gasteiger partial charge in [-0.2, -0.15) is 0 Å². The Balaban J connectivity index is 1.98. The molecule has 0 bridgehead atoms. The molecule has 0 aromatic heterocycles. The third-order valence-electron chi connectivity index (χ3n) is 4.94. The molecule has 0 aromatic rings. The lowest BCUT2D eigenvalue weighted by Crippen LogP contribution is -2.51. The second-order valence-electron chi connectivity index (χ2n) is 7.05. The zero-order valence-corrected chi connectivity index (χ0v) is 13.4. The summed E-state index contributed by atoms with van der Waals surface area (Å²) in [6, 6.07) is 0.706. The van der Waals surface area contributed by atoms with Crippen LogP contribution in [0.15, 0.2) is 0 Å². The van der Waals surface area contributed by atoms with E-state index in [1.54, 1.807) is 0 Å². The van der Waals surface area contributed by atoms with E-state index in [1.807, 2.05) is 0 Å². The van der Waals surface area contributed by atoms with Crippen molar-refractivity contribution in [3.63, 3.8) is 0 Å². The molecule has 1 saturated carbocycles. The van der Waals surface area contributed by atoms with E-state index in [0.29, 0.717) is 29.4 Å². The molecule has 2 rings (SSSR count). The molecule has 2 fully saturated rings. The Morgan fingerprint density at radius 2 is 1.89 bits per heavy atom. The minimum Gasteiger partial charge on any atom is -0.310 e. The van der Waals surface area contributed by atoms with Crippen molar-refractivity contribution in [2.45, 2.75) is 65.0 Å². The highest BCUT2D eigenvalue weighted by Crippen LogP contribution is 2.34. The molecule has 112 valence electrons. The van der Waals surface area contributed by atoms with Gasteiger partial charge in [0.1, 0.15) is 0 Å². The van der Waals surface area contributed by atoms with Crippen LogP contribution in [-0.4, -0.2) is 32.0 Å². The summed E-state index contributed by atoms with van der Waals surface area (Å²) in [6.45, 7) is 6.92. The highest BCUT2D eigenvalue weighted by Gasteiger charge is 2.34.